The molecular formula is C18H22O4. The van der Waals surface area contributed by atoms with E-state index in [4.69, 9.17) is 9.47 Å². The first kappa shape index (κ1) is 15.1. The van der Waals surface area contributed by atoms with Gasteiger partial charge in [0.1, 0.15) is 5.75 Å². The van der Waals surface area contributed by atoms with Crippen molar-refractivity contribution in [2.75, 3.05) is 6.61 Å². The number of carbonyl (C=O) groups excluding carboxylic acids is 2. The average Bonchev–Trinajstić information content (AvgIpc) is 2.48. The van der Waals surface area contributed by atoms with Crippen LogP contribution in [0.1, 0.15) is 51.0 Å². The van der Waals surface area contributed by atoms with E-state index >= 15 is 0 Å². The van der Waals surface area contributed by atoms with Crippen LogP contribution in [0.4, 0.5) is 0 Å². The highest BCUT2D eigenvalue weighted by atomic mass is 16.6. The number of hydrogen-bond acceptors (Lipinski definition) is 4. The van der Waals surface area contributed by atoms with Crippen LogP contribution in [0.3, 0.4) is 0 Å². The molecule has 1 aliphatic heterocycles. The Morgan fingerprint density at radius 3 is 2.86 bits per heavy atom. The number of rotatable bonds is 5. The summed E-state index contributed by atoms with van der Waals surface area (Å²) >= 11 is 0. The molecule has 0 N–H and O–H groups in total. The number of esters is 2. The van der Waals surface area contributed by atoms with Crippen LogP contribution in [-0.4, -0.2) is 18.5 Å². The lowest BCUT2D eigenvalue weighted by atomic mass is 9.49. The van der Waals surface area contributed by atoms with Crippen LogP contribution in [0, 0.1) is 11.3 Å². The molecule has 0 spiro atoms. The second kappa shape index (κ2) is 5.75. The number of para-hydroxylation sites is 1. The average molecular weight is 302 g/mol. The maximum Gasteiger partial charge on any atom is 0.329 e. The fourth-order valence-electron chi connectivity index (χ4n) is 3.94. The highest BCUT2D eigenvalue weighted by Crippen LogP contribution is 2.63. The number of benzene rings is 1. The van der Waals surface area contributed by atoms with E-state index in [0.717, 1.165) is 24.8 Å². The third kappa shape index (κ3) is 2.04. The van der Waals surface area contributed by atoms with E-state index in [1.807, 2.05) is 18.2 Å². The summed E-state index contributed by atoms with van der Waals surface area (Å²) in [7, 11) is 0. The zero-order valence-corrected chi connectivity index (χ0v) is 13.1. The zero-order valence-electron chi connectivity index (χ0n) is 13.1. The third-order valence-electron chi connectivity index (χ3n) is 4.98. The van der Waals surface area contributed by atoms with Crippen molar-refractivity contribution in [2.45, 2.75) is 45.4 Å². The lowest BCUT2D eigenvalue weighted by Gasteiger charge is -2.53. The van der Waals surface area contributed by atoms with E-state index in [1.165, 1.54) is 0 Å². The van der Waals surface area contributed by atoms with Gasteiger partial charge in [0.05, 0.1) is 6.61 Å². The van der Waals surface area contributed by atoms with Crippen LogP contribution in [-0.2, 0) is 14.3 Å². The Labute approximate surface area is 130 Å². The molecule has 4 nitrogen and oxygen atoms in total. The van der Waals surface area contributed by atoms with Crippen LogP contribution in [0.5, 0.6) is 5.75 Å². The molecule has 0 unspecified atom stereocenters. The number of fused-ring (bicyclic) bond motifs is 3. The molecule has 0 saturated heterocycles. The van der Waals surface area contributed by atoms with Crippen LogP contribution < -0.4 is 4.74 Å². The molecule has 1 aromatic rings. The number of unbranched alkanes of at least 4 members (excludes halogenated alkanes) is 1. The molecule has 3 rings (SSSR count). The first-order valence-electron chi connectivity index (χ1n) is 8.13. The summed E-state index contributed by atoms with van der Waals surface area (Å²) in [5, 5.41) is 0. The van der Waals surface area contributed by atoms with Gasteiger partial charge in [-0.25, -0.2) is 0 Å². The SMILES string of the molecule is CCCC[C@H]1C[C@]2(C(=O)OCC)C(=O)Oc3ccccc3[C@H]12. The molecular weight excluding hydrogens is 280 g/mol. The van der Waals surface area contributed by atoms with Crippen LogP contribution in [0.15, 0.2) is 24.3 Å². The Morgan fingerprint density at radius 1 is 1.36 bits per heavy atom. The lowest BCUT2D eigenvalue weighted by molar-refractivity contribution is -0.184. The minimum Gasteiger partial charge on any atom is -0.465 e. The quantitative estimate of drug-likeness (QED) is 0.475. The van der Waals surface area contributed by atoms with Crippen molar-refractivity contribution in [3.05, 3.63) is 29.8 Å². The summed E-state index contributed by atoms with van der Waals surface area (Å²) in [5.74, 6) is -0.0258. The molecule has 1 saturated carbocycles. The molecule has 0 amide bonds. The minimum atomic E-state index is -1.12. The van der Waals surface area contributed by atoms with Gasteiger partial charge in [0.25, 0.3) is 0 Å². The van der Waals surface area contributed by atoms with E-state index in [0.29, 0.717) is 18.1 Å². The van der Waals surface area contributed by atoms with Gasteiger partial charge in [-0.2, -0.15) is 0 Å². The Hall–Kier alpha value is -1.84. The van der Waals surface area contributed by atoms with Gasteiger partial charge in [0, 0.05) is 11.5 Å². The molecule has 2 aliphatic rings. The fourth-order valence-corrected chi connectivity index (χ4v) is 3.94. The molecule has 1 aromatic carbocycles. The van der Waals surface area contributed by atoms with Gasteiger partial charge >= 0.3 is 11.9 Å². The molecule has 1 heterocycles. The topological polar surface area (TPSA) is 52.6 Å². The van der Waals surface area contributed by atoms with Gasteiger partial charge in [-0.3, -0.25) is 9.59 Å². The molecule has 4 heteroatoms. The normalized spacial score (nSPS) is 28.9. The molecule has 3 atom stereocenters. The largest absolute Gasteiger partial charge is 0.465 e. The fraction of sp³-hybridized carbons (Fsp3) is 0.556. The van der Waals surface area contributed by atoms with E-state index in [9.17, 15) is 9.59 Å². The van der Waals surface area contributed by atoms with Crippen molar-refractivity contribution >= 4 is 11.9 Å². The van der Waals surface area contributed by atoms with E-state index < -0.39 is 17.4 Å². The number of hydrogen-bond donors (Lipinski definition) is 0. The summed E-state index contributed by atoms with van der Waals surface area (Å²) in [4.78, 5) is 25.1. The summed E-state index contributed by atoms with van der Waals surface area (Å²) in [6, 6.07) is 7.56. The standard InChI is InChI=1S/C18H22O4/c1-3-5-8-12-11-18(16(19)21-4-2)15(12)13-9-6-7-10-14(13)22-17(18)20/h6-7,9-10,12,15H,3-5,8,11H2,1-2H3/t12-,15-,18-/m0/s1. The summed E-state index contributed by atoms with van der Waals surface area (Å²) in [6.07, 6.45) is 3.80. The lowest BCUT2D eigenvalue weighted by Crippen LogP contribution is -2.60. The molecule has 0 aromatic heterocycles. The maximum atomic E-state index is 12.6. The number of ether oxygens (including phenoxy) is 2. The van der Waals surface area contributed by atoms with E-state index in [2.05, 4.69) is 6.92 Å². The predicted molar refractivity (Wildman–Crippen MR) is 81.5 cm³/mol. The molecule has 0 radical (unpaired) electrons. The minimum absolute atomic E-state index is 0.101. The van der Waals surface area contributed by atoms with Crippen LogP contribution in [0.2, 0.25) is 0 Å². The molecule has 1 fully saturated rings. The van der Waals surface area contributed by atoms with Gasteiger partial charge in [0.15, 0.2) is 5.41 Å². The monoisotopic (exact) mass is 302 g/mol. The summed E-state index contributed by atoms with van der Waals surface area (Å²) < 4.78 is 10.7. The van der Waals surface area contributed by atoms with Gasteiger partial charge in [-0.05, 0) is 31.7 Å². The molecule has 118 valence electrons. The molecule has 1 aliphatic carbocycles. The summed E-state index contributed by atoms with van der Waals surface area (Å²) in [6.45, 7) is 4.20. The van der Waals surface area contributed by atoms with E-state index in [-0.39, 0.29) is 12.5 Å². The zero-order chi connectivity index (χ0) is 15.7. The maximum absolute atomic E-state index is 12.6. The molecule has 22 heavy (non-hydrogen) atoms. The third-order valence-corrected chi connectivity index (χ3v) is 4.98. The second-order valence-electron chi connectivity index (χ2n) is 6.20. The van der Waals surface area contributed by atoms with Gasteiger partial charge in [-0.15, -0.1) is 0 Å². The number of carbonyl (C=O) groups is 2. The van der Waals surface area contributed by atoms with E-state index in [1.54, 1.807) is 13.0 Å². The first-order chi connectivity index (χ1) is 10.6. The van der Waals surface area contributed by atoms with Crippen LogP contribution >= 0.6 is 0 Å². The van der Waals surface area contributed by atoms with Crippen molar-refractivity contribution in [2.24, 2.45) is 11.3 Å². The summed E-state index contributed by atoms with van der Waals surface area (Å²) in [5.41, 5.74) is -0.148. The van der Waals surface area contributed by atoms with Gasteiger partial charge in [0.2, 0.25) is 0 Å². The highest BCUT2D eigenvalue weighted by Gasteiger charge is 2.68. The van der Waals surface area contributed by atoms with Gasteiger partial charge < -0.3 is 9.47 Å². The Morgan fingerprint density at radius 2 is 2.14 bits per heavy atom. The second-order valence-corrected chi connectivity index (χ2v) is 6.20. The van der Waals surface area contributed by atoms with Crippen molar-refractivity contribution in [1.82, 2.24) is 0 Å². The molecule has 0 bridgehead atoms. The Bertz CT molecular complexity index is 595. The van der Waals surface area contributed by atoms with Crippen molar-refractivity contribution in [3.63, 3.8) is 0 Å². The van der Waals surface area contributed by atoms with Crippen molar-refractivity contribution < 1.29 is 19.1 Å². The van der Waals surface area contributed by atoms with Gasteiger partial charge in [-0.1, -0.05) is 38.0 Å². The Kier molecular flexibility index (Phi) is 3.94. The van der Waals surface area contributed by atoms with Crippen molar-refractivity contribution in [1.29, 1.82) is 0 Å². The predicted octanol–water partition coefficient (Wildman–Crippen LogP) is 3.45. The highest BCUT2D eigenvalue weighted by molar-refractivity contribution is 6.04. The van der Waals surface area contributed by atoms with Crippen molar-refractivity contribution in [3.8, 4) is 5.75 Å². The Balaban J connectivity index is 1.99. The smallest absolute Gasteiger partial charge is 0.329 e. The first-order valence-corrected chi connectivity index (χ1v) is 8.13. The van der Waals surface area contributed by atoms with Crippen LogP contribution in [0.25, 0.3) is 0 Å².